The first kappa shape index (κ1) is 20.0. The van der Waals surface area contributed by atoms with Gasteiger partial charge in [-0.2, -0.15) is 11.3 Å². The van der Waals surface area contributed by atoms with E-state index in [2.05, 4.69) is 31.3 Å². The van der Waals surface area contributed by atoms with Crippen molar-refractivity contribution in [2.24, 2.45) is 0 Å². The summed E-state index contributed by atoms with van der Waals surface area (Å²) in [5, 5.41) is 7.96. The molecule has 158 valence electrons. The Morgan fingerprint density at radius 1 is 1.03 bits per heavy atom. The summed E-state index contributed by atoms with van der Waals surface area (Å²) >= 11 is 3.24. The van der Waals surface area contributed by atoms with Crippen LogP contribution in [0.2, 0.25) is 0 Å². The number of rotatable bonds is 5. The highest BCUT2D eigenvalue weighted by molar-refractivity contribution is 7.14. The SMILES string of the molecule is Nc1nc(CN2CCN(C(=O)Cc3csc(-c4ccsc4)n3)CC2)nc2ccccc12. The van der Waals surface area contributed by atoms with Crippen LogP contribution in [0.1, 0.15) is 11.5 Å². The number of carbonyl (C=O) groups excluding carboxylic acids is 1. The fraction of sp³-hybridized carbons (Fsp3) is 0.273. The van der Waals surface area contributed by atoms with E-state index in [1.165, 1.54) is 0 Å². The van der Waals surface area contributed by atoms with E-state index < -0.39 is 0 Å². The number of fused-ring (bicyclic) bond motifs is 1. The van der Waals surface area contributed by atoms with Crippen LogP contribution in [-0.4, -0.2) is 56.8 Å². The molecule has 5 rings (SSSR count). The van der Waals surface area contributed by atoms with Crippen molar-refractivity contribution in [2.45, 2.75) is 13.0 Å². The number of carbonyl (C=O) groups is 1. The van der Waals surface area contributed by atoms with Crippen molar-refractivity contribution in [3.8, 4) is 10.6 Å². The van der Waals surface area contributed by atoms with Crippen LogP contribution in [0.15, 0.2) is 46.5 Å². The van der Waals surface area contributed by atoms with Gasteiger partial charge in [-0.15, -0.1) is 11.3 Å². The summed E-state index contributed by atoms with van der Waals surface area (Å²) in [7, 11) is 0. The molecule has 1 amide bonds. The summed E-state index contributed by atoms with van der Waals surface area (Å²) in [4.78, 5) is 30.7. The first-order valence-corrected chi connectivity index (χ1v) is 12.0. The first-order chi connectivity index (χ1) is 15.2. The second-order valence-corrected chi connectivity index (χ2v) is 9.17. The summed E-state index contributed by atoms with van der Waals surface area (Å²) in [5.74, 6) is 1.37. The minimum atomic E-state index is 0.132. The highest BCUT2D eigenvalue weighted by Crippen LogP contribution is 2.26. The highest BCUT2D eigenvalue weighted by atomic mass is 32.1. The minimum Gasteiger partial charge on any atom is -0.383 e. The van der Waals surface area contributed by atoms with Crippen molar-refractivity contribution in [3.05, 3.63) is 58.0 Å². The largest absolute Gasteiger partial charge is 0.383 e. The molecule has 31 heavy (non-hydrogen) atoms. The van der Waals surface area contributed by atoms with Gasteiger partial charge in [0.1, 0.15) is 16.6 Å². The molecule has 3 aromatic heterocycles. The lowest BCUT2D eigenvalue weighted by atomic mass is 10.2. The molecule has 1 saturated heterocycles. The van der Waals surface area contributed by atoms with Crippen molar-refractivity contribution in [2.75, 3.05) is 31.9 Å². The molecule has 7 nitrogen and oxygen atoms in total. The predicted molar refractivity (Wildman–Crippen MR) is 125 cm³/mol. The van der Waals surface area contributed by atoms with Crippen molar-refractivity contribution in [1.82, 2.24) is 24.8 Å². The third-order valence-corrected chi connectivity index (χ3v) is 7.04. The van der Waals surface area contributed by atoms with Crippen LogP contribution in [0, 0.1) is 0 Å². The van der Waals surface area contributed by atoms with E-state index in [-0.39, 0.29) is 5.91 Å². The number of aromatic nitrogens is 3. The summed E-state index contributed by atoms with van der Waals surface area (Å²) < 4.78 is 0. The van der Waals surface area contributed by atoms with Gasteiger partial charge in [-0.05, 0) is 23.6 Å². The van der Waals surface area contributed by atoms with Crippen LogP contribution in [0.25, 0.3) is 21.5 Å². The number of nitrogens with zero attached hydrogens (tertiary/aromatic N) is 5. The number of hydrogen-bond acceptors (Lipinski definition) is 8. The molecule has 0 bridgehead atoms. The lowest BCUT2D eigenvalue weighted by Crippen LogP contribution is -2.48. The Hall–Kier alpha value is -2.88. The number of para-hydroxylation sites is 1. The molecule has 1 aliphatic heterocycles. The Morgan fingerprint density at radius 3 is 2.68 bits per heavy atom. The number of benzene rings is 1. The predicted octanol–water partition coefficient (Wildman–Crippen LogP) is 3.28. The van der Waals surface area contributed by atoms with E-state index >= 15 is 0 Å². The Kier molecular flexibility index (Phi) is 5.63. The van der Waals surface area contributed by atoms with Gasteiger partial charge < -0.3 is 10.6 Å². The Morgan fingerprint density at radius 2 is 1.87 bits per heavy atom. The molecular weight excluding hydrogens is 428 g/mol. The summed E-state index contributed by atoms with van der Waals surface area (Å²) in [6.07, 6.45) is 0.352. The summed E-state index contributed by atoms with van der Waals surface area (Å²) in [5.41, 5.74) is 8.94. The number of thiophene rings is 1. The quantitative estimate of drug-likeness (QED) is 0.502. The first-order valence-electron chi connectivity index (χ1n) is 10.1. The van der Waals surface area contributed by atoms with Crippen molar-refractivity contribution >= 4 is 45.3 Å². The van der Waals surface area contributed by atoms with Crippen LogP contribution in [0.3, 0.4) is 0 Å². The minimum absolute atomic E-state index is 0.132. The molecule has 9 heteroatoms. The molecule has 0 radical (unpaired) electrons. The average molecular weight is 451 g/mol. The van der Waals surface area contributed by atoms with Gasteiger partial charge in [-0.1, -0.05) is 12.1 Å². The molecule has 0 unspecified atom stereocenters. The number of thiazole rings is 1. The Labute approximate surface area is 188 Å². The second-order valence-electron chi connectivity index (χ2n) is 7.53. The molecule has 1 fully saturated rings. The van der Waals surface area contributed by atoms with E-state index in [4.69, 9.17) is 5.73 Å². The lowest BCUT2D eigenvalue weighted by molar-refractivity contribution is -0.132. The standard InChI is InChI=1S/C22H22N6OS2/c23-21-17-3-1-2-4-18(17)25-19(26-21)12-27-6-8-28(9-7-27)20(29)11-16-14-31-22(24-16)15-5-10-30-13-15/h1-5,10,13-14H,6-9,11-12H2,(H2,23,25,26). The zero-order valence-corrected chi connectivity index (χ0v) is 18.5. The molecule has 2 N–H and O–H groups in total. The van der Waals surface area contributed by atoms with Gasteiger partial charge >= 0.3 is 0 Å². The van der Waals surface area contributed by atoms with Crippen molar-refractivity contribution in [1.29, 1.82) is 0 Å². The molecule has 0 atom stereocenters. The Balaban J connectivity index is 1.16. The van der Waals surface area contributed by atoms with Gasteiger partial charge in [-0.3, -0.25) is 9.69 Å². The normalized spacial score (nSPS) is 14.9. The van der Waals surface area contributed by atoms with Crippen LogP contribution in [-0.2, 0) is 17.8 Å². The van der Waals surface area contributed by atoms with Gasteiger partial charge in [0.2, 0.25) is 5.91 Å². The van der Waals surface area contributed by atoms with Gasteiger partial charge in [0.25, 0.3) is 0 Å². The smallest absolute Gasteiger partial charge is 0.228 e. The number of piperazine rings is 1. The molecule has 1 aliphatic rings. The third kappa shape index (κ3) is 4.43. The number of nitrogens with two attached hydrogens (primary N) is 1. The number of nitrogen functional groups attached to an aromatic ring is 1. The fourth-order valence-electron chi connectivity index (χ4n) is 3.75. The molecule has 4 aromatic rings. The van der Waals surface area contributed by atoms with E-state index in [1.54, 1.807) is 22.7 Å². The van der Waals surface area contributed by atoms with Crippen LogP contribution >= 0.6 is 22.7 Å². The highest BCUT2D eigenvalue weighted by Gasteiger charge is 2.23. The van der Waals surface area contributed by atoms with Crippen molar-refractivity contribution in [3.63, 3.8) is 0 Å². The van der Waals surface area contributed by atoms with Crippen LogP contribution in [0.4, 0.5) is 5.82 Å². The van der Waals surface area contributed by atoms with Gasteiger partial charge in [0.15, 0.2) is 0 Å². The maximum Gasteiger partial charge on any atom is 0.228 e. The molecule has 4 heterocycles. The molecule has 1 aromatic carbocycles. The molecule has 0 spiro atoms. The van der Waals surface area contributed by atoms with Gasteiger partial charge in [0.05, 0.1) is 24.2 Å². The lowest BCUT2D eigenvalue weighted by Gasteiger charge is -2.34. The van der Waals surface area contributed by atoms with Gasteiger partial charge in [-0.25, -0.2) is 15.0 Å². The maximum atomic E-state index is 12.8. The zero-order valence-electron chi connectivity index (χ0n) is 16.9. The maximum absolute atomic E-state index is 12.8. The molecular formula is C22H22N6OS2. The number of amides is 1. The number of hydrogen-bond donors (Lipinski definition) is 1. The zero-order chi connectivity index (χ0) is 21.2. The van der Waals surface area contributed by atoms with Gasteiger partial charge in [0, 0.05) is 47.9 Å². The summed E-state index contributed by atoms with van der Waals surface area (Å²) in [6.45, 7) is 3.61. The second kappa shape index (κ2) is 8.70. The van der Waals surface area contributed by atoms with Crippen LogP contribution in [0.5, 0.6) is 0 Å². The molecule has 0 aliphatic carbocycles. The topological polar surface area (TPSA) is 88.2 Å². The van der Waals surface area contributed by atoms with Crippen molar-refractivity contribution < 1.29 is 4.79 Å². The van der Waals surface area contributed by atoms with Crippen LogP contribution < -0.4 is 5.73 Å². The monoisotopic (exact) mass is 450 g/mol. The summed E-state index contributed by atoms with van der Waals surface area (Å²) in [6, 6.07) is 9.84. The van der Waals surface area contributed by atoms with E-state index in [0.717, 1.165) is 46.1 Å². The van der Waals surface area contributed by atoms with E-state index in [9.17, 15) is 4.79 Å². The molecule has 0 saturated carbocycles. The number of anilines is 1. The average Bonchev–Trinajstić information content (AvgIpc) is 3.46. The fourth-order valence-corrected chi connectivity index (χ4v) is 5.28. The third-order valence-electron chi connectivity index (χ3n) is 5.42. The van der Waals surface area contributed by atoms with E-state index in [1.807, 2.05) is 39.9 Å². The van der Waals surface area contributed by atoms with E-state index in [0.29, 0.717) is 31.9 Å². The Bertz CT molecular complexity index is 1200.